The number of sulfone groups is 1. The monoisotopic (exact) mass is 319 g/mol. The molecule has 0 aromatic carbocycles. The number of aromatic nitrogens is 1. The van der Waals surface area contributed by atoms with E-state index in [1.54, 1.807) is 11.3 Å². The molecule has 1 aromatic heterocycles. The Labute approximate surface area is 126 Å². The van der Waals surface area contributed by atoms with Crippen LogP contribution in [0.1, 0.15) is 31.5 Å². The topological polar surface area (TPSA) is 62.3 Å². The van der Waals surface area contributed by atoms with Gasteiger partial charge in [0.2, 0.25) is 0 Å². The minimum atomic E-state index is -2.90. The molecule has 20 heavy (non-hydrogen) atoms. The van der Waals surface area contributed by atoms with E-state index in [1.165, 1.54) is 6.26 Å². The van der Waals surface area contributed by atoms with Gasteiger partial charge in [-0.1, -0.05) is 0 Å². The van der Waals surface area contributed by atoms with Crippen LogP contribution < -0.4 is 5.32 Å². The van der Waals surface area contributed by atoms with Crippen LogP contribution in [0.5, 0.6) is 0 Å². The number of rotatable bonds is 7. The molecule has 7 heteroatoms. The SMILES string of the molecule is CN(CCS(C)(=O)=O)Cc1csc(CNC(C)(C)C)n1. The third-order valence-electron chi connectivity index (χ3n) is 2.64. The van der Waals surface area contributed by atoms with Gasteiger partial charge in [0.25, 0.3) is 0 Å². The second-order valence-corrected chi connectivity index (χ2v) is 9.41. The maximum Gasteiger partial charge on any atom is 0.148 e. The molecule has 0 bridgehead atoms. The van der Waals surface area contributed by atoms with Crippen molar-refractivity contribution in [3.8, 4) is 0 Å². The van der Waals surface area contributed by atoms with Gasteiger partial charge < -0.3 is 5.32 Å². The molecule has 0 saturated carbocycles. The van der Waals surface area contributed by atoms with Gasteiger partial charge in [0.1, 0.15) is 14.8 Å². The lowest BCUT2D eigenvalue weighted by atomic mass is 10.1. The van der Waals surface area contributed by atoms with Crippen LogP contribution in [0.15, 0.2) is 5.38 Å². The molecule has 0 saturated heterocycles. The number of thiazole rings is 1. The first-order valence-corrected chi connectivity index (χ1v) is 9.54. The highest BCUT2D eigenvalue weighted by Crippen LogP contribution is 2.12. The number of nitrogens with zero attached hydrogens (tertiary/aromatic N) is 2. The van der Waals surface area contributed by atoms with E-state index in [2.05, 4.69) is 31.1 Å². The second kappa shape index (κ2) is 6.98. The van der Waals surface area contributed by atoms with Crippen molar-refractivity contribution >= 4 is 21.2 Å². The van der Waals surface area contributed by atoms with Crippen LogP contribution in [-0.2, 0) is 22.9 Å². The third-order valence-corrected chi connectivity index (χ3v) is 4.47. The van der Waals surface area contributed by atoms with Gasteiger partial charge in [-0.15, -0.1) is 11.3 Å². The smallest absolute Gasteiger partial charge is 0.148 e. The molecule has 0 aliphatic carbocycles. The molecule has 0 amide bonds. The summed E-state index contributed by atoms with van der Waals surface area (Å²) >= 11 is 1.64. The van der Waals surface area contributed by atoms with E-state index in [-0.39, 0.29) is 11.3 Å². The predicted molar refractivity (Wildman–Crippen MR) is 84.8 cm³/mol. The van der Waals surface area contributed by atoms with Crippen molar-refractivity contribution < 1.29 is 8.42 Å². The molecule has 0 radical (unpaired) electrons. The molecular weight excluding hydrogens is 294 g/mol. The molecule has 0 aliphatic rings. The van der Waals surface area contributed by atoms with Gasteiger partial charge in [-0.05, 0) is 27.8 Å². The van der Waals surface area contributed by atoms with E-state index in [1.807, 2.05) is 17.3 Å². The van der Waals surface area contributed by atoms with Gasteiger partial charge in [-0.3, -0.25) is 4.90 Å². The van der Waals surface area contributed by atoms with E-state index in [9.17, 15) is 8.42 Å². The average molecular weight is 319 g/mol. The molecule has 0 atom stereocenters. The molecule has 0 unspecified atom stereocenters. The summed E-state index contributed by atoms with van der Waals surface area (Å²) in [5.41, 5.74) is 1.08. The Balaban J connectivity index is 2.43. The highest BCUT2D eigenvalue weighted by molar-refractivity contribution is 7.90. The largest absolute Gasteiger partial charge is 0.306 e. The molecule has 1 N–H and O–H groups in total. The van der Waals surface area contributed by atoms with Crippen LogP contribution in [0, 0.1) is 0 Å². The van der Waals surface area contributed by atoms with E-state index >= 15 is 0 Å². The molecule has 0 aliphatic heterocycles. The standard InChI is InChI=1S/C13H25N3O2S2/c1-13(2,3)14-8-12-15-11(10-19-12)9-16(4)6-7-20(5,17)18/h10,14H,6-9H2,1-5H3. The second-order valence-electron chi connectivity index (χ2n) is 6.20. The molecule has 1 aromatic rings. The normalized spacial score (nSPS) is 13.1. The summed E-state index contributed by atoms with van der Waals surface area (Å²) in [6, 6.07) is 0. The first-order valence-electron chi connectivity index (χ1n) is 6.60. The molecule has 1 rings (SSSR count). The van der Waals surface area contributed by atoms with Crippen LogP contribution in [0.25, 0.3) is 0 Å². The fourth-order valence-electron chi connectivity index (χ4n) is 1.52. The van der Waals surface area contributed by atoms with Gasteiger partial charge in [-0.25, -0.2) is 13.4 Å². The molecule has 116 valence electrons. The number of nitrogens with one attached hydrogen (secondary N) is 1. The van der Waals surface area contributed by atoms with Crippen molar-refractivity contribution in [3.63, 3.8) is 0 Å². The van der Waals surface area contributed by atoms with Crippen molar-refractivity contribution in [3.05, 3.63) is 16.1 Å². The summed E-state index contributed by atoms with van der Waals surface area (Å²) in [5.74, 6) is 0.187. The zero-order valence-electron chi connectivity index (χ0n) is 12.9. The Hall–Kier alpha value is -0.500. The van der Waals surface area contributed by atoms with E-state index in [0.717, 1.165) is 17.2 Å². The summed E-state index contributed by atoms with van der Waals surface area (Å²) < 4.78 is 22.2. The predicted octanol–water partition coefficient (Wildman–Crippen LogP) is 1.51. The van der Waals surface area contributed by atoms with E-state index in [4.69, 9.17) is 0 Å². The minimum absolute atomic E-state index is 0.0815. The minimum Gasteiger partial charge on any atom is -0.306 e. The first-order chi connectivity index (χ1) is 9.05. The van der Waals surface area contributed by atoms with Crippen LogP contribution in [-0.4, -0.2) is 49.4 Å². The van der Waals surface area contributed by atoms with Crippen molar-refractivity contribution in [1.29, 1.82) is 0 Å². The van der Waals surface area contributed by atoms with Crippen molar-refractivity contribution in [2.45, 2.75) is 39.4 Å². The molecule has 0 fully saturated rings. The quantitative estimate of drug-likeness (QED) is 0.825. The summed E-state index contributed by atoms with van der Waals surface area (Å²) in [6.07, 6.45) is 1.26. The number of hydrogen-bond acceptors (Lipinski definition) is 6. The summed E-state index contributed by atoms with van der Waals surface area (Å²) in [6.45, 7) is 8.36. The summed E-state index contributed by atoms with van der Waals surface area (Å²) in [4.78, 5) is 6.55. The van der Waals surface area contributed by atoms with Crippen molar-refractivity contribution in [1.82, 2.24) is 15.2 Å². The zero-order chi connectivity index (χ0) is 15.4. The lowest BCUT2D eigenvalue weighted by Gasteiger charge is -2.19. The number of hydrogen-bond donors (Lipinski definition) is 1. The summed E-state index contributed by atoms with van der Waals surface area (Å²) in [5, 5.41) is 6.50. The summed E-state index contributed by atoms with van der Waals surface area (Å²) in [7, 11) is -0.986. The molecule has 5 nitrogen and oxygen atoms in total. The van der Waals surface area contributed by atoms with Gasteiger partial charge in [0, 0.05) is 36.8 Å². The van der Waals surface area contributed by atoms with E-state index in [0.29, 0.717) is 13.1 Å². The van der Waals surface area contributed by atoms with Crippen LogP contribution >= 0.6 is 11.3 Å². The Morgan fingerprint density at radius 2 is 2.05 bits per heavy atom. The Bertz CT molecular complexity index is 518. The molecule has 1 heterocycles. The average Bonchev–Trinajstić information content (AvgIpc) is 2.70. The third kappa shape index (κ3) is 7.94. The van der Waals surface area contributed by atoms with E-state index < -0.39 is 9.84 Å². The van der Waals surface area contributed by atoms with Gasteiger partial charge in [-0.2, -0.15) is 0 Å². The Morgan fingerprint density at radius 3 is 2.60 bits per heavy atom. The maximum absolute atomic E-state index is 11.1. The van der Waals surface area contributed by atoms with Gasteiger partial charge in [0.05, 0.1) is 11.4 Å². The fourth-order valence-corrected chi connectivity index (χ4v) is 2.89. The highest BCUT2D eigenvalue weighted by Gasteiger charge is 2.11. The Kier molecular flexibility index (Phi) is 6.12. The highest BCUT2D eigenvalue weighted by atomic mass is 32.2. The Morgan fingerprint density at radius 1 is 1.40 bits per heavy atom. The zero-order valence-corrected chi connectivity index (χ0v) is 14.6. The first kappa shape index (κ1) is 17.6. The molecular formula is C13H25N3O2S2. The molecule has 0 spiro atoms. The van der Waals surface area contributed by atoms with Crippen LogP contribution in [0.2, 0.25) is 0 Å². The van der Waals surface area contributed by atoms with Gasteiger partial charge in [0.15, 0.2) is 0 Å². The van der Waals surface area contributed by atoms with Crippen molar-refractivity contribution in [2.24, 2.45) is 0 Å². The lowest BCUT2D eigenvalue weighted by Crippen LogP contribution is -2.35. The fraction of sp³-hybridized carbons (Fsp3) is 0.769. The van der Waals surface area contributed by atoms with Crippen LogP contribution in [0.3, 0.4) is 0 Å². The van der Waals surface area contributed by atoms with Crippen molar-refractivity contribution in [2.75, 3.05) is 25.6 Å². The maximum atomic E-state index is 11.1. The van der Waals surface area contributed by atoms with Gasteiger partial charge >= 0.3 is 0 Å². The lowest BCUT2D eigenvalue weighted by molar-refractivity contribution is 0.342. The van der Waals surface area contributed by atoms with Crippen LogP contribution in [0.4, 0.5) is 0 Å².